The summed E-state index contributed by atoms with van der Waals surface area (Å²) < 4.78 is 0. The van der Waals surface area contributed by atoms with Gasteiger partial charge < -0.3 is 11.1 Å². The van der Waals surface area contributed by atoms with Gasteiger partial charge >= 0.3 is 0 Å². The average Bonchev–Trinajstić information content (AvgIpc) is 2.42. The minimum atomic E-state index is -0.519. The Morgan fingerprint density at radius 3 is 2.42 bits per heavy atom. The van der Waals surface area contributed by atoms with Gasteiger partial charge in [-0.05, 0) is 31.2 Å². The van der Waals surface area contributed by atoms with Gasteiger partial charge in [-0.2, -0.15) is 0 Å². The zero-order chi connectivity index (χ0) is 13.7. The number of nitrogens with two attached hydrogens (primary N) is 1. The molecule has 0 unspecified atom stereocenters. The summed E-state index contributed by atoms with van der Waals surface area (Å²) in [4.78, 5) is 13.8. The first kappa shape index (κ1) is 13.6. The lowest BCUT2D eigenvalue weighted by atomic mass is 10.3. The van der Waals surface area contributed by atoms with Crippen molar-refractivity contribution in [2.24, 2.45) is 5.73 Å². The van der Waals surface area contributed by atoms with Crippen LogP contribution >= 0.6 is 11.8 Å². The van der Waals surface area contributed by atoms with Crippen LogP contribution in [0.1, 0.15) is 6.92 Å². The van der Waals surface area contributed by atoms with Crippen LogP contribution in [0, 0.1) is 0 Å². The molecule has 0 bridgehead atoms. The fourth-order valence-electron chi connectivity index (χ4n) is 1.52. The molecular weight excluding hydrogens is 256 g/mol. The smallest absolute Gasteiger partial charge is 0.241 e. The molecule has 2 rings (SSSR count). The van der Waals surface area contributed by atoms with Gasteiger partial charge in [-0.3, -0.25) is 4.79 Å². The second kappa shape index (κ2) is 6.41. The summed E-state index contributed by atoms with van der Waals surface area (Å²) >= 11 is 1.61. The van der Waals surface area contributed by atoms with E-state index in [0.717, 1.165) is 15.5 Å². The first-order valence-electron chi connectivity index (χ1n) is 6.05. The molecule has 0 saturated carbocycles. The Labute approximate surface area is 117 Å². The van der Waals surface area contributed by atoms with Crippen LogP contribution in [-0.2, 0) is 4.79 Å². The maximum absolute atomic E-state index is 11.7. The van der Waals surface area contributed by atoms with Gasteiger partial charge in [0.2, 0.25) is 5.91 Å². The highest BCUT2D eigenvalue weighted by Gasteiger charge is 2.10. The third-order valence-electron chi connectivity index (χ3n) is 2.53. The maximum atomic E-state index is 11.7. The van der Waals surface area contributed by atoms with Crippen molar-refractivity contribution in [3.05, 3.63) is 54.6 Å². The zero-order valence-corrected chi connectivity index (χ0v) is 11.5. The van der Waals surface area contributed by atoms with E-state index in [2.05, 4.69) is 5.32 Å². The van der Waals surface area contributed by atoms with Crippen molar-refractivity contribution >= 4 is 23.4 Å². The summed E-state index contributed by atoms with van der Waals surface area (Å²) in [6, 6.07) is 17.2. The van der Waals surface area contributed by atoms with Gasteiger partial charge in [0.05, 0.1) is 11.7 Å². The summed E-state index contributed by atoms with van der Waals surface area (Å²) in [5, 5.41) is 2.85. The van der Waals surface area contributed by atoms with E-state index >= 15 is 0 Å². The molecule has 1 atom stereocenters. The van der Waals surface area contributed by atoms with Crippen LogP contribution in [-0.4, -0.2) is 11.9 Å². The molecule has 0 heterocycles. The summed E-state index contributed by atoms with van der Waals surface area (Å²) in [6.45, 7) is 1.67. The van der Waals surface area contributed by atoms with E-state index in [4.69, 9.17) is 5.73 Å². The Kier molecular flexibility index (Phi) is 4.60. The molecule has 1 amide bonds. The Balaban J connectivity index is 2.19. The molecule has 0 aliphatic rings. The number of benzene rings is 2. The van der Waals surface area contributed by atoms with Gasteiger partial charge in [0.15, 0.2) is 0 Å². The maximum Gasteiger partial charge on any atom is 0.241 e. The van der Waals surface area contributed by atoms with Crippen molar-refractivity contribution in [1.29, 1.82) is 0 Å². The standard InChI is InChI=1S/C15H16N2OS/c1-11(16)15(18)17-13-9-5-6-10-14(13)19-12-7-3-2-4-8-12/h2-11H,16H2,1H3,(H,17,18)/t11-/m0/s1. The third kappa shape index (κ3) is 3.84. The summed E-state index contributed by atoms with van der Waals surface area (Å²) in [7, 11) is 0. The number of amides is 1. The number of hydrogen-bond donors (Lipinski definition) is 2. The van der Waals surface area contributed by atoms with E-state index in [1.54, 1.807) is 18.7 Å². The van der Waals surface area contributed by atoms with Gasteiger partial charge in [0, 0.05) is 9.79 Å². The van der Waals surface area contributed by atoms with Crippen LogP contribution in [0.3, 0.4) is 0 Å². The van der Waals surface area contributed by atoms with E-state index < -0.39 is 6.04 Å². The van der Waals surface area contributed by atoms with Crippen molar-refractivity contribution in [2.45, 2.75) is 22.8 Å². The molecule has 0 aliphatic carbocycles. The highest BCUT2D eigenvalue weighted by atomic mass is 32.2. The van der Waals surface area contributed by atoms with Gasteiger partial charge in [-0.25, -0.2) is 0 Å². The lowest BCUT2D eigenvalue weighted by Gasteiger charge is -2.12. The molecule has 0 radical (unpaired) electrons. The van der Waals surface area contributed by atoms with Crippen LogP contribution in [0.15, 0.2) is 64.4 Å². The first-order valence-corrected chi connectivity index (χ1v) is 6.87. The van der Waals surface area contributed by atoms with Crippen molar-refractivity contribution in [2.75, 3.05) is 5.32 Å². The molecule has 3 nitrogen and oxygen atoms in total. The first-order chi connectivity index (χ1) is 9.16. The predicted octanol–water partition coefficient (Wildman–Crippen LogP) is 3.12. The van der Waals surface area contributed by atoms with Gasteiger partial charge in [-0.1, -0.05) is 42.1 Å². The molecule has 0 spiro atoms. The second-order valence-electron chi connectivity index (χ2n) is 4.19. The molecule has 0 fully saturated rings. The minimum Gasteiger partial charge on any atom is -0.324 e. The molecule has 0 saturated heterocycles. The molecule has 3 N–H and O–H groups in total. The molecule has 19 heavy (non-hydrogen) atoms. The van der Waals surface area contributed by atoms with E-state index in [1.807, 2.05) is 54.6 Å². The van der Waals surface area contributed by atoms with Crippen LogP contribution in [0.2, 0.25) is 0 Å². The van der Waals surface area contributed by atoms with E-state index in [-0.39, 0.29) is 5.91 Å². The predicted molar refractivity (Wildman–Crippen MR) is 79.3 cm³/mol. The normalized spacial score (nSPS) is 11.9. The van der Waals surface area contributed by atoms with Crippen molar-refractivity contribution < 1.29 is 4.79 Å². The Morgan fingerprint density at radius 2 is 1.74 bits per heavy atom. The van der Waals surface area contributed by atoms with Crippen molar-refractivity contribution in [3.8, 4) is 0 Å². The summed E-state index contributed by atoms with van der Waals surface area (Å²) in [6.07, 6.45) is 0. The molecule has 2 aromatic rings. The second-order valence-corrected chi connectivity index (χ2v) is 5.30. The molecule has 0 aromatic heterocycles. The SMILES string of the molecule is C[C@H](N)C(=O)Nc1ccccc1Sc1ccccc1. The Bertz CT molecular complexity index is 555. The van der Waals surface area contributed by atoms with E-state index in [9.17, 15) is 4.79 Å². The van der Waals surface area contributed by atoms with Crippen molar-refractivity contribution in [1.82, 2.24) is 0 Å². The quantitative estimate of drug-likeness (QED) is 0.899. The van der Waals surface area contributed by atoms with Gasteiger partial charge in [0.1, 0.15) is 0 Å². The van der Waals surface area contributed by atoms with Gasteiger partial charge in [-0.15, -0.1) is 0 Å². The van der Waals surface area contributed by atoms with E-state index in [1.165, 1.54) is 0 Å². The van der Waals surface area contributed by atoms with Crippen LogP contribution in [0.5, 0.6) is 0 Å². The fourth-order valence-corrected chi connectivity index (χ4v) is 2.44. The monoisotopic (exact) mass is 272 g/mol. The van der Waals surface area contributed by atoms with E-state index in [0.29, 0.717) is 0 Å². The highest BCUT2D eigenvalue weighted by molar-refractivity contribution is 7.99. The van der Waals surface area contributed by atoms with Crippen molar-refractivity contribution in [3.63, 3.8) is 0 Å². The van der Waals surface area contributed by atoms with Gasteiger partial charge in [0.25, 0.3) is 0 Å². The lowest BCUT2D eigenvalue weighted by Crippen LogP contribution is -2.32. The average molecular weight is 272 g/mol. The number of hydrogen-bond acceptors (Lipinski definition) is 3. The largest absolute Gasteiger partial charge is 0.324 e. The Hall–Kier alpha value is -1.78. The number of carbonyl (C=O) groups excluding carboxylic acids is 1. The topological polar surface area (TPSA) is 55.1 Å². The molecular formula is C15H16N2OS. The van der Waals surface area contributed by atoms with Crippen LogP contribution in [0.25, 0.3) is 0 Å². The fraction of sp³-hybridized carbons (Fsp3) is 0.133. The molecule has 2 aromatic carbocycles. The number of para-hydroxylation sites is 1. The third-order valence-corrected chi connectivity index (χ3v) is 3.61. The summed E-state index contributed by atoms with van der Waals surface area (Å²) in [5.41, 5.74) is 6.36. The zero-order valence-electron chi connectivity index (χ0n) is 10.7. The molecule has 98 valence electrons. The number of rotatable bonds is 4. The number of carbonyl (C=O) groups is 1. The molecule has 0 aliphatic heterocycles. The minimum absolute atomic E-state index is 0.180. The summed E-state index contributed by atoms with van der Waals surface area (Å²) in [5.74, 6) is -0.180. The van der Waals surface area contributed by atoms with Crippen LogP contribution in [0.4, 0.5) is 5.69 Å². The molecule has 4 heteroatoms. The Morgan fingerprint density at radius 1 is 1.11 bits per heavy atom. The lowest BCUT2D eigenvalue weighted by molar-refractivity contribution is -0.117. The highest BCUT2D eigenvalue weighted by Crippen LogP contribution is 2.33. The van der Waals surface area contributed by atoms with Crippen LogP contribution < -0.4 is 11.1 Å². The number of anilines is 1. The number of nitrogens with one attached hydrogen (secondary N) is 1.